The van der Waals surface area contributed by atoms with Gasteiger partial charge in [0, 0.05) is 24.4 Å². The highest BCUT2D eigenvalue weighted by Gasteiger charge is 2.06. The third-order valence-electron chi connectivity index (χ3n) is 3.43. The summed E-state index contributed by atoms with van der Waals surface area (Å²) in [6.45, 7) is 0. The number of ketones is 1. The fraction of sp³-hybridized carbons (Fsp3) is 0.0526. The number of benzene rings is 2. The third kappa shape index (κ3) is 3.23. The molecule has 21 heavy (non-hydrogen) atoms. The highest BCUT2D eigenvalue weighted by Crippen LogP contribution is 2.19. The van der Waals surface area contributed by atoms with Crippen LogP contribution in [0.15, 0.2) is 79.1 Å². The maximum Gasteiger partial charge on any atom is 0.167 e. The Balaban J connectivity index is 1.75. The zero-order valence-electron chi connectivity index (χ0n) is 11.6. The van der Waals surface area contributed by atoms with Crippen LogP contribution in [0.25, 0.3) is 11.1 Å². The predicted molar refractivity (Wildman–Crippen MR) is 84.1 cm³/mol. The van der Waals surface area contributed by atoms with Crippen LogP contribution in [0.4, 0.5) is 0 Å². The highest BCUT2D eigenvalue weighted by molar-refractivity contribution is 5.97. The average molecular weight is 273 g/mol. The van der Waals surface area contributed by atoms with Crippen LogP contribution in [0.1, 0.15) is 15.9 Å². The summed E-state index contributed by atoms with van der Waals surface area (Å²) in [5, 5.41) is 0. The molecule has 1 aromatic heterocycles. The number of carbonyl (C=O) groups excluding carboxylic acids is 1. The van der Waals surface area contributed by atoms with E-state index in [-0.39, 0.29) is 5.78 Å². The van der Waals surface area contributed by atoms with Crippen LogP contribution in [-0.2, 0) is 6.42 Å². The lowest BCUT2D eigenvalue weighted by atomic mass is 10.00. The molecule has 0 aliphatic carbocycles. The quantitative estimate of drug-likeness (QED) is 0.668. The van der Waals surface area contributed by atoms with Crippen molar-refractivity contribution in [2.75, 3.05) is 0 Å². The summed E-state index contributed by atoms with van der Waals surface area (Å²) in [5.41, 5.74) is 4.05. The Hall–Kier alpha value is -2.74. The van der Waals surface area contributed by atoms with E-state index in [1.807, 2.05) is 66.7 Å². The van der Waals surface area contributed by atoms with Gasteiger partial charge in [-0.05, 0) is 28.8 Å². The number of Topliss-reactive ketones (excluding diaryl/α,β-unsaturated/α-hetero) is 1. The molecule has 2 nitrogen and oxygen atoms in total. The fourth-order valence-corrected chi connectivity index (χ4v) is 2.27. The number of aromatic nitrogens is 1. The molecular formula is C19H15NO. The lowest BCUT2D eigenvalue weighted by molar-refractivity contribution is 0.0993. The van der Waals surface area contributed by atoms with Crippen LogP contribution >= 0.6 is 0 Å². The monoisotopic (exact) mass is 273 g/mol. The number of carbonyl (C=O) groups is 1. The van der Waals surface area contributed by atoms with Crippen molar-refractivity contribution >= 4 is 5.78 Å². The zero-order chi connectivity index (χ0) is 14.5. The smallest absolute Gasteiger partial charge is 0.167 e. The summed E-state index contributed by atoms with van der Waals surface area (Å²) in [6, 6.07) is 21.5. The molecule has 0 fully saturated rings. The number of hydrogen-bond donors (Lipinski definition) is 0. The Morgan fingerprint density at radius 1 is 0.762 bits per heavy atom. The molecule has 0 atom stereocenters. The lowest BCUT2D eigenvalue weighted by Gasteiger charge is -2.04. The molecule has 0 amide bonds. The second-order valence-electron chi connectivity index (χ2n) is 4.90. The standard InChI is InChI=1S/C19H15NO/c21-19(18-4-2-1-3-5-18)14-15-6-8-16(9-7-15)17-10-12-20-13-11-17/h1-13H,14H2. The van der Waals surface area contributed by atoms with Gasteiger partial charge in [-0.3, -0.25) is 9.78 Å². The van der Waals surface area contributed by atoms with E-state index in [0.717, 1.165) is 22.3 Å². The van der Waals surface area contributed by atoms with E-state index in [4.69, 9.17) is 0 Å². The SMILES string of the molecule is O=C(Cc1ccc(-c2ccncc2)cc1)c1ccccc1. The van der Waals surface area contributed by atoms with E-state index in [1.54, 1.807) is 12.4 Å². The van der Waals surface area contributed by atoms with Crippen molar-refractivity contribution in [1.82, 2.24) is 4.98 Å². The first kappa shape index (κ1) is 13.3. The van der Waals surface area contributed by atoms with Gasteiger partial charge in [-0.2, -0.15) is 0 Å². The van der Waals surface area contributed by atoms with Gasteiger partial charge in [0.2, 0.25) is 0 Å². The molecule has 1 heterocycles. The van der Waals surface area contributed by atoms with Crippen molar-refractivity contribution in [3.8, 4) is 11.1 Å². The van der Waals surface area contributed by atoms with Gasteiger partial charge in [0.15, 0.2) is 5.78 Å². The molecular weight excluding hydrogens is 258 g/mol. The van der Waals surface area contributed by atoms with Gasteiger partial charge in [0.05, 0.1) is 0 Å². The van der Waals surface area contributed by atoms with Crippen molar-refractivity contribution in [2.45, 2.75) is 6.42 Å². The largest absolute Gasteiger partial charge is 0.294 e. The molecule has 0 saturated carbocycles. The van der Waals surface area contributed by atoms with Gasteiger partial charge in [-0.25, -0.2) is 0 Å². The first-order chi connectivity index (χ1) is 10.3. The van der Waals surface area contributed by atoms with Crippen molar-refractivity contribution in [2.24, 2.45) is 0 Å². The first-order valence-electron chi connectivity index (χ1n) is 6.90. The Morgan fingerprint density at radius 3 is 2.05 bits per heavy atom. The molecule has 2 heteroatoms. The Morgan fingerprint density at radius 2 is 1.38 bits per heavy atom. The van der Waals surface area contributed by atoms with E-state index >= 15 is 0 Å². The number of nitrogens with zero attached hydrogens (tertiary/aromatic N) is 1. The van der Waals surface area contributed by atoms with Gasteiger partial charge in [-0.1, -0.05) is 54.6 Å². The molecule has 0 spiro atoms. The molecule has 2 aromatic carbocycles. The van der Waals surface area contributed by atoms with E-state index < -0.39 is 0 Å². The third-order valence-corrected chi connectivity index (χ3v) is 3.43. The molecule has 0 saturated heterocycles. The molecule has 3 aromatic rings. The van der Waals surface area contributed by atoms with Crippen LogP contribution < -0.4 is 0 Å². The lowest BCUT2D eigenvalue weighted by Crippen LogP contribution is -2.02. The average Bonchev–Trinajstić information content (AvgIpc) is 2.57. The molecule has 0 bridgehead atoms. The molecule has 0 radical (unpaired) electrons. The Labute approximate surface area is 124 Å². The van der Waals surface area contributed by atoms with Crippen LogP contribution in [-0.4, -0.2) is 10.8 Å². The first-order valence-corrected chi connectivity index (χ1v) is 6.90. The summed E-state index contributed by atoms with van der Waals surface area (Å²) in [4.78, 5) is 16.2. The Bertz CT molecular complexity index is 719. The molecule has 0 unspecified atom stereocenters. The van der Waals surface area contributed by atoms with Gasteiger partial charge in [0.1, 0.15) is 0 Å². The summed E-state index contributed by atoms with van der Waals surface area (Å²) in [6.07, 6.45) is 3.99. The Kier molecular flexibility index (Phi) is 3.88. The molecule has 3 rings (SSSR count). The van der Waals surface area contributed by atoms with Crippen molar-refractivity contribution in [1.29, 1.82) is 0 Å². The molecule has 0 N–H and O–H groups in total. The zero-order valence-corrected chi connectivity index (χ0v) is 11.6. The summed E-state index contributed by atoms with van der Waals surface area (Å²) in [5.74, 6) is 0.146. The number of pyridine rings is 1. The molecule has 102 valence electrons. The van der Waals surface area contributed by atoms with E-state index in [0.29, 0.717) is 6.42 Å². The maximum atomic E-state index is 12.2. The van der Waals surface area contributed by atoms with E-state index in [1.165, 1.54) is 0 Å². The minimum Gasteiger partial charge on any atom is -0.294 e. The minimum absolute atomic E-state index is 0.146. The second kappa shape index (κ2) is 6.14. The fourth-order valence-electron chi connectivity index (χ4n) is 2.27. The topological polar surface area (TPSA) is 30.0 Å². The molecule has 0 aliphatic rings. The van der Waals surface area contributed by atoms with Crippen LogP contribution in [0, 0.1) is 0 Å². The van der Waals surface area contributed by atoms with Crippen molar-refractivity contribution in [3.63, 3.8) is 0 Å². The van der Waals surface area contributed by atoms with Gasteiger partial charge >= 0.3 is 0 Å². The maximum absolute atomic E-state index is 12.2. The van der Waals surface area contributed by atoms with Crippen LogP contribution in [0.2, 0.25) is 0 Å². The summed E-state index contributed by atoms with van der Waals surface area (Å²) in [7, 11) is 0. The second-order valence-corrected chi connectivity index (χ2v) is 4.90. The van der Waals surface area contributed by atoms with Gasteiger partial charge in [-0.15, -0.1) is 0 Å². The number of hydrogen-bond acceptors (Lipinski definition) is 2. The van der Waals surface area contributed by atoms with Gasteiger partial charge < -0.3 is 0 Å². The van der Waals surface area contributed by atoms with Crippen molar-refractivity contribution in [3.05, 3.63) is 90.3 Å². The summed E-state index contributed by atoms with van der Waals surface area (Å²) >= 11 is 0. The van der Waals surface area contributed by atoms with Crippen LogP contribution in [0.3, 0.4) is 0 Å². The van der Waals surface area contributed by atoms with Gasteiger partial charge in [0.25, 0.3) is 0 Å². The normalized spacial score (nSPS) is 10.3. The van der Waals surface area contributed by atoms with E-state index in [9.17, 15) is 4.79 Å². The minimum atomic E-state index is 0.146. The highest BCUT2D eigenvalue weighted by atomic mass is 16.1. The van der Waals surface area contributed by atoms with Crippen LogP contribution in [0.5, 0.6) is 0 Å². The number of rotatable bonds is 4. The summed E-state index contributed by atoms with van der Waals surface area (Å²) < 4.78 is 0. The van der Waals surface area contributed by atoms with E-state index in [2.05, 4.69) is 4.98 Å². The van der Waals surface area contributed by atoms with Crippen molar-refractivity contribution < 1.29 is 4.79 Å². The molecule has 0 aliphatic heterocycles. The predicted octanol–water partition coefficient (Wildman–Crippen LogP) is 4.17.